The second kappa shape index (κ2) is 5.58. The molecule has 0 spiro atoms. The first-order valence-corrected chi connectivity index (χ1v) is 5.68. The molecule has 118 valence electrons. The zero-order valence-electron chi connectivity index (χ0n) is 11.4. The molecular weight excluding hydrogens is 295 g/mol. The third-order valence-electron chi connectivity index (χ3n) is 2.72. The molecule has 0 bridgehead atoms. The van der Waals surface area contributed by atoms with E-state index in [-0.39, 0.29) is 12.4 Å². The first-order chi connectivity index (χ1) is 9.47. The molecule has 0 fully saturated rings. The summed E-state index contributed by atoms with van der Waals surface area (Å²) in [7, 11) is 1.19. The molecule has 0 radical (unpaired) electrons. The lowest BCUT2D eigenvalue weighted by molar-refractivity contribution is -0.203. The van der Waals surface area contributed by atoms with E-state index >= 15 is 0 Å². The van der Waals surface area contributed by atoms with Crippen LogP contribution < -0.4 is 5.32 Å². The van der Waals surface area contributed by atoms with Gasteiger partial charge in [-0.05, 0) is 13.8 Å². The first-order valence-electron chi connectivity index (χ1n) is 5.68. The zero-order valence-corrected chi connectivity index (χ0v) is 11.4. The van der Waals surface area contributed by atoms with Crippen molar-refractivity contribution in [3.63, 3.8) is 0 Å². The van der Waals surface area contributed by atoms with Gasteiger partial charge in [0.05, 0.1) is 6.54 Å². The van der Waals surface area contributed by atoms with Crippen LogP contribution in [0.15, 0.2) is 0 Å². The smallest absolute Gasteiger partial charge is 0.422 e. The molecule has 0 saturated carbocycles. The molecule has 1 heterocycles. The predicted molar refractivity (Wildman–Crippen MR) is 63.2 cm³/mol. The van der Waals surface area contributed by atoms with Crippen LogP contribution in [-0.2, 0) is 11.3 Å². The van der Waals surface area contributed by atoms with Crippen molar-refractivity contribution in [2.24, 2.45) is 0 Å². The molecule has 11 heteroatoms. The highest BCUT2D eigenvalue weighted by Crippen LogP contribution is 2.30. The Labute approximate surface area is 117 Å². The number of aryl methyl sites for hydroxylation is 1. The summed E-state index contributed by atoms with van der Waals surface area (Å²) >= 11 is 0. The summed E-state index contributed by atoms with van der Waals surface area (Å²) in [6, 6.07) is -1.21. The number of hydrogen-bond donors (Lipinski definition) is 3. The molecule has 1 aromatic rings. The van der Waals surface area contributed by atoms with Gasteiger partial charge in [-0.25, -0.2) is 14.6 Å². The maximum atomic E-state index is 12.8. The molecule has 1 aromatic heterocycles. The SMILES string of the molecule is Cc1nc(CN(C)C(=O)NC(C)(C(=O)O)C(F)(F)F)n[nH]1. The third kappa shape index (κ3) is 3.61. The van der Waals surface area contributed by atoms with Crippen molar-refractivity contribution in [2.75, 3.05) is 7.05 Å². The van der Waals surface area contributed by atoms with Crippen LogP contribution in [0.2, 0.25) is 0 Å². The number of halogens is 3. The van der Waals surface area contributed by atoms with Crippen molar-refractivity contribution in [1.82, 2.24) is 25.4 Å². The maximum Gasteiger partial charge on any atom is 0.422 e. The van der Waals surface area contributed by atoms with Crippen molar-refractivity contribution < 1.29 is 27.9 Å². The number of H-pyrrole nitrogens is 1. The molecule has 2 amide bonds. The van der Waals surface area contributed by atoms with Gasteiger partial charge >= 0.3 is 18.2 Å². The average molecular weight is 309 g/mol. The number of carbonyl (C=O) groups is 2. The van der Waals surface area contributed by atoms with E-state index in [0.29, 0.717) is 12.7 Å². The lowest BCUT2D eigenvalue weighted by Crippen LogP contribution is -2.63. The van der Waals surface area contributed by atoms with E-state index in [4.69, 9.17) is 5.11 Å². The van der Waals surface area contributed by atoms with Crippen LogP contribution in [0.1, 0.15) is 18.6 Å². The normalized spacial score (nSPS) is 14.4. The minimum atomic E-state index is -5.14. The highest BCUT2D eigenvalue weighted by Gasteiger charge is 2.58. The number of nitrogens with one attached hydrogen (secondary N) is 2. The van der Waals surface area contributed by atoms with Gasteiger partial charge in [-0.15, -0.1) is 0 Å². The number of rotatable bonds is 4. The number of aromatic amines is 1. The Kier molecular flexibility index (Phi) is 4.44. The van der Waals surface area contributed by atoms with Gasteiger partial charge in [0.15, 0.2) is 5.82 Å². The van der Waals surface area contributed by atoms with E-state index in [0.717, 1.165) is 4.90 Å². The van der Waals surface area contributed by atoms with Gasteiger partial charge in [0.2, 0.25) is 5.54 Å². The van der Waals surface area contributed by atoms with Crippen molar-refractivity contribution in [3.05, 3.63) is 11.6 Å². The average Bonchev–Trinajstić information content (AvgIpc) is 2.72. The molecule has 0 aliphatic rings. The maximum absolute atomic E-state index is 12.8. The molecule has 21 heavy (non-hydrogen) atoms. The number of carbonyl (C=O) groups excluding carboxylic acids is 1. The van der Waals surface area contributed by atoms with Crippen molar-refractivity contribution in [1.29, 1.82) is 0 Å². The Morgan fingerprint density at radius 1 is 1.43 bits per heavy atom. The fourth-order valence-electron chi connectivity index (χ4n) is 1.30. The molecule has 1 atom stereocenters. The van der Waals surface area contributed by atoms with Crippen LogP contribution >= 0.6 is 0 Å². The summed E-state index contributed by atoms with van der Waals surface area (Å²) in [5, 5.41) is 16.4. The molecular formula is C10H14F3N5O3. The van der Waals surface area contributed by atoms with Crippen LogP contribution in [0.3, 0.4) is 0 Å². The van der Waals surface area contributed by atoms with Crippen LogP contribution in [0, 0.1) is 6.92 Å². The molecule has 0 saturated heterocycles. The van der Waals surface area contributed by atoms with Crippen LogP contribution in [0.4, 0.5) is 18.0 Å². The monoisotopic (exact) mass is 309 g/mol. The number of hydrogen-bond acceptors (Lipinski definition) is 4. The topological polar surface area (TPSA) is 111 Å². The van der Waals surface area contributed by atoms with Crippen LogP contribution in [0.5, 0.6) is 0 Å². The van der Waals surface area contributed by atoms with E-state index in [1.807, 2.05) is 0 Å². The molecule has 0 aliphatic heterocycles. The van der Waals surface area contributed by atoms with Crippen molar-refractivity contribution in [3.8, 4) is 0 Å². The summed E-state index contributed by atoms with van der Waals surface area (Å²) in [6.07, 6.45) is -5.14. The Bertz CT molecular complexity index is 544. The van der Waals surface area contributed by atoms with Gasteiger partial charge in [0, 0.05) is 7.05 Å². The van der Waals surface area contributed by atoms with Gasteiger partial charge in [-0.1, -0.05) is 0 Å². The number of alkyl halides is 3. The molecule has 8 nitrogen and oxygen atoms in total. The Morgan fingerprint density at radius 2 is 2.00 bits per heavy atom. The number of aliphatic carboxylic acids is 1. The highest BCUT2D eigenvalue weighted by atomic mass is 19.4. The lowest BCUT2D eigenvalue weighted by Gasteiger charge is -2.30. The third-order valence-corrected chi connectivity index (χ3v) is 2.72. The Balaban J connectivity index is 2.80. The van der Waals surface area contributed by atoms with E-state index < -0.39 is 23.7 Å². The van der Waals surface area contributed by atoms with Gasteiger partial charge in [0.25, 0.3) is 0 Å². The second-order valence-electron chi connectivity index (χ2n) is 4.55. The number of amides is 2. The molecule has 1 rings (SSSR count). The fourth-order valence-corrected chi connectivity index (χ4v) is 1.30. The quantitative estimate of drug-likeness (QED) is 0.756. The first kappa shape index (κ1) is 16.7. The van der Waals surface area contributed by atoms with Gasteiger partial charge in [0.1, 0.15) is 5.82 Å². The van der Waals surface area contributed by atoms with Gasteiger partial charge in [-0.2, -0.15) is 18.3 Å². The van der Waals surface area contributed by atoms with E-state index in [9.17, 15) is 22.8 Å². The Morgan fingerprint density at radius 3 is 2.38 bits per heavy atom. The zero-order chi connectivity index (χ0) is 16.4. The molecule has 0 aromatic carbocycles. The molecule has 0 aliphatic carbocycles. The number of aromatic nitrogens is 3. The van der Waals surface area contributed by atoms with E-state index in [2.05, 4.69) is 15.2 Å². The van der Waals surface area contributed by atoms with Gasteiger partial charge in [-0.3, -0.25) is 5.10 Å². The molecule has 3 N–H and O–H groups in total. The number of carboxylic acid groups (broad SMARTS) is 1. The minimum absolute atomic E-state index is 0.177. The van der Waals surface area contributed by atoms with E-state index in [1.54, 1.807) is 6.92 Å². The predicted octanol–water partition coefficient (Wildman–Crippen LogP) is 0.660. The summed E-state index contributed by atoms with van der Waals surface area (Å²) < 4.78 is 38.3. The second-order valence-corrected chi connectivity index (χ2v) is 4.55. The van der Waals surface area contributed by atoms with Crippen molar-refractivity contribution in [2.45, 2.75) is 32.1 Å². The largest absolute Gasteiger partial charge is 0.479 e. The minimum Gasteiger partial charge on any atom is -0.479 e. The van der Waals surface area contributed by atoms with E-state index in [1.165, 1.54) is 12.4 Å². The van der Waals surface area contributed by atoms with Crippen LogP contribution in [-0.4, -0.2) is 56.0 Å². The number of nitrogens with zero attached hydrogens (tertiary/aromatic N) is 3. The summed E-state index contributed by atoms with van der Waals surface area (Å²) in [6.45, 7) is 1.81. The number of carboxylic acids is 1. The fraction of sp³-hybridized carbons (Fsp3) is 0.600. The van der Waals surface area contributed by atoms with Gasteiger partial charge < -0.3 is 15.3 Å². The summed E-state index contributed by atoms with van der Waals surface area (Å²) in [4.78, 5) is 27.2. The Hall–Kier alpha value is -2.33. The lowest BCUT2D eigenvalue weighted by atomic mass is 10.0. The standard InChI is InChI=1S/C10H14F3N5O3/c1-5-14-6(17-16-5)4-18(3)8(21)15-9(2,7(19)20)10(11,12)13/h4H2,1-3H3,(H,15,21)(H,19,20)(H,14,16,17). The summed E-state index contributed by atoms with van der Waals surface area (Å²) in [5.41, 5.74) is -3.38. The molecule has 1 unspecified atom stereocenters. The highest BCUT2D eigenvalue weighted by molar-refractivity contribution is 5.86. The number of urea groups is 1. The van der Waals surface area contributed by atoms with Crippen molar-refractivity contribution >= 4 is 12.0 Å². The van der Waals surface area contributed by atoms with Crippen LogP contribution in [0.25, 0.3) is 0 Å². The summed E-state index contributed by atoms with van der Waals surface area (Å²) in [5.74, 6) is -1.54.